The predicted octanol–water partition coefficient (Wildman–Crippen LogP) is 1.73. The van der Waals surface area contributed by atoms with Gasteiger partial charge >= 0.3 is 0 Å². The van der Waals surface area contributed by atoms with Crippen LogP contribution < -0.4 is 10.6 Å². The molecule has 1 aromatic rings. The fourth-order valence-corrected chi connectivity index (χ4v) is 2.14. The summed E-state index contributed by atoms with van der Waals surface area (Å²) in [5.74, 6) is 0.0104. The Kier molecular flexibility index (Phi) is 6.87. The average Bonchev–Trinajstić information content (AvgIpc) is 2.73. The minimum absolute atomic E-state index is 0.0104. The zero-order chi connectivity index (χ0) is 14.3. The van der Waals surface area contributed by atoms with Crippen LogP contribution in [0.15, 0.2) is 0 Å². The van der Waals surface area contributed by atoms with E-state index in [2.05, 4.69) is 15.7 Å². The summed E-state index contributed by atoms with van der Waals surface area (Å²) in [6.07, 6.45) is 1.76. The molecule has 2 N–H and O–H groups in total. The molecular formula is C13H23ClN4O. The standard InChI is InChI=1S/C13H23ClN4O/c1-4-7-16-12(19)9-15-8-11-13(14)10(5-2)17-18(11)6-3/h15H,4-9H2,1-3H3,(H,16,19). The fraction of sp³-hybridized carbons (Fsp3) is 0.692. The van der Waals surface area contributed by atoms with Crippen molar-refractivity contribution in [2.45, 2.75) is 46.7 Å². The van der Waals surface area contributed by atoms with Gasteiger partial charge in [0.05, 0.1) is 23.0 Å². The molecule has 19 heavy (non-hydrogen) atoms. The molecule has 1 aromatic heterocycles. The van der Waals surface area contributed by atoms with E-state index < -0.39 is 0 Å². The fourth-order valence-electron chi connectivity index (χ4n) is 1.81. The molecule has 0 aliphatic heterocycles. The van der Waals surface area contributed by atoms with Crippen molar-refractivity contribution in [1.82, 2.24) is 20.4 Å². The van der Waals surface area contributed by atoms with Gasteiger partial charge in [0, 0.05) is 19.6 Å². The van der Waals surface area contributed by atoms with Crippen LogP contribution >= 0.6 is 11.6 Å². The van der Waals surface area contributed by atoms with Crippen molar-refractivity contribution >= 4 is 17.5 Å². The van der Waals surface area contributed by atoms with Crippen molar-refractivity contribution in [3.05, 3.63) is 16.4 Å². The minimum atomic E-state index is 0.0104. The van der Waals surface area contributed by atoms with Crippen LogP contribution in [0.1, 0.15) is 38.6 Å². The van der Waals surface area contributed by atoms with Crippen LogP contribution in [0, 0.1) is 0 Å². The van der Waals surface area contributed by atoms with Gasteiger partial charge in [0.25, 0.3) is 0 Å². The zero-order valence-electron chi connectivity index (χ0n) is 11.9. The lowest BCUT2D eigenvalue weighted by Gasteiger charge is -2.07. The van der Waals surface area contributed by atoms with Crippen LogP contribution in [0.5, 0.6) is 0 Å². The predicted molar refractivity (Wildman–Crippen MR) is 77.3 cm³/mol. The van der Waals surface area contributed by atoms with E-state index in [1.807, 2.05) is 25.5 Å². The lowest BCUT2D eigenvalue weighted by atomic mass is 10.3. The van der Waals surface area contributed by atoms with Gasteiger partial charge in [-0.15, -0.1) is 0 Å². The highest BCUT2D eigenvalue weighted by molar-refractivity contribution is 6.31. The van der Waals surface area contributed by atoms with E-state index in [0.29, 0.717) is 24.7 Å². The molecule has 0 aliphatic rings. The number of halogens is 1. The van der Waals surface area contributed by atoms with Crippen LogP contribution in [-0.4, -0.2) is 28.8 Å². The van der Waals surface area contributed by atoms with Crippen LogP contribution in [-0.2, 0) is 24.3 Å². The van der Waals surface area contributed by atoms with Gasteiger partial charge < -0.3 is 10.6 Å². The van der Waals surface area contributed by atoms with E-state index in [9.17, 15) is 4.79 Å². The molecule has 5 nitrogen and oxygen atoms in total. The first-order valence-electron chi connectivity index (χ1n) is 6.85. The summed E-state index contributed by atoms with van der Waals surface area (Å²) in [6, 6.07) is 0. The first-order chi connectivity index (χ1) is 9.13. The molecule has 0 unspecified atom stereocenters. The van der Waals surface area contributed by atoms with Crippen LogP contribution in [0.2, 0.25) is 5.02 Å². The number of hydrogen-bond acceptors (Lipinski definition) is 3. The van der Waals surface area contributed by atoms with E-state index in [4.69, 9.17) is 11.6 Å². The monoisotopic (exact) mass is 286 g/mol. The van der Waals surface area contributed by atoms with Gasteiger partial charge in [0.15, 0.2) is 0 Å². The smallest absolute Gasteiger partial charge is 0.233 e. The summed E-state index contributed by atoms with van der Waals surface area (Å²) >= 11 is 6.28. The lowest BCUT2D eigenvalue weighted by Crippen LogP contribution is -2.34. The summed E-state index contributed by atoms with van der Waals surface area (Å²) in [5, 5.41) is 11.1. The number of nitrogens with zero attached hydrogens (tertiary/aromatic N) is 2. The Morgan fingerprint density at radius 1 is 1.37 bits per heavy atom. The normalized spacial score (nSPS) is 10.7. The second-order valence-corrected chi connectivity index (χ2v) is 4.71. The molecule has 0 fully saturated rings. The number of nitrogens with one attached hydrogen (secondary N) is 2. The molecule has 0 radical (unpaired) electrons. The van der Waals surface area contributed by atoms with Crippen molar-refractivity contribution in [3.63, 3.8) is 0 Å². The molecule has 6 heteroatoms. The highest BCUT2D eigenvalue weighted by Crippen LogP contribution is 2.21. The number of carbonyl (C=O) groups excluding carboxylic acids is 1. The molecule has 0 atom stereocenters. The first-order valence-corrected chi connectivity index (χ1v) is 7.23. The molecule has 1 heterocycles. The van der Waals surface area contributed by atoms with E-state index in [1.54, 1.807) is 0 Å². The van der Waals surface area contributed by atoms with Crippen molar-refractivity contribution in [3.8, 4) is 0 Å². The summed E-state index contributed by atoms with van der Waals surface area (Å²) in [7, 11) is 0. The molecule has 0 aromatic carbocycles. The molecule has 0 saturated heterocycles. The topological polar surface area (TPSA) is 59.0 Å². The summed E-state index contributed by atoms with van der Waals surface area (Å²) in [6.45, 7) is 8.43. The number of hydrogen-bond donors (Lipinski definition) is 2. The molecule has 1 amide bonds. The zero-order valence-corrected chi connectivity index (χ0v) is 12.7. The van der Waals surface area contributed by atoms with E-state index >= 15 is 0 Å². The Morgan fingerprint density at radius 3 is 2.68 bits per heavy atom. The largest absolute Gasteiger partial charge is 0.355 e. The van der Waals surface area contributed by atoms with E-state index in [-0.39, 0.29) is 5.91 Å². The van der Waals surface area contributed by atoms with Gasteiger partial charge in [-0.3, -0.25) is 9.48 Å². The minimum Gasteiger partial charge on any atom is -0.355 e. The lowest BCUT2D eigenvalue weighted by molar-refractivity contribution is -0.120. The highest BCUT2D eigenvalue weighted by Gasteiger charge is 2.13. The molecule has 0 aliphatic carbocycles. The third-order valence-electron chi connectivity index (χ3n) is 2.84. The van der Waals surface area contributed by atoms with Gasteiger partial charge in [0.1, 0.15) is 0 Å². The van der Waals surface area contributed by atoms with Gasteiger partial charge in [-0.2, -0.15) is 5.10 Å². The average molecular weight is 287 g/mol. The Bertz CT molecular complexity index is 417. The van der Waals surface area contributed by atoms with E-state index in [0.717, 1.165) is 30.8 Å². The Morgan fingerprint density at radius 2 is 2.11 bits per heavy atom. The van der Waals surface area contributed by atoms with Gasteiger partial charge in [-0.1, -0.05) is 25.4 Å². The van der Waals surface area contributed by atoms with Crippen LogP contribution in [0.25, 0.3) is 0 Å². The Balaban J connectivity index is 2.53. The quantitative estimate of drug-likeness (QED) is 0.765. The summed E-state index contributed by atoms with van der Waals surface area (Å²) in [5.41, 5.74) is 1.86. The molecule has 108 valence electrons. The second-order valence-electron chi connectivity index (χ2n) is 4.33. The maximum atomic E-state index is 11.5. The second kappa shape index (κ2) is 8.17. The third kappa shape index (κ3) is 4.51. The number of carbonyl (C=O) groups is 1. The van der Waals surface area contributed by atoms with Gasteiger partial charge in [0.2, 0.25) is 5.91 Å². The van der Waals surface area contributed by atoms with Crippen molar-refractivity contribution in [1.29, 1.82) is 0 Å². The molecule has 1 rings (SSSR count). The Labute approximate surface area is 119 Å². The van der Waals surface area contributed by atoms with Crippen LogP contribution in [0.4, 0.5) is 0 Å². The van der Waals surface area contributed by atoms with Crippen molar-refractivity contribution in [2.75, 3.05) is 13.1 Å². The van der Waals surface area contributed by atoms with Crippen molar-refractivity contribution < 1.29 is 4.79 Å². The maximum Gasteiger partial charge on any atom is 0.233 e. The van der Waals surface area contributed by atoms with Crippen LogP contribution in [0.3, 0.4) is 0 Å². The SMILES string of the molecule is CCCNC(=O)CNCc1c(Cl)c(CC)nn1CC. The number of rotatable bonds is 8. The maximum absolute atomic E-state index is 11.5. The van der Waals surface area contributed by atoms with Gasteiger partial charge in [-0.05, 0) is 19.8 Å². The number of amides is 1. The number of aryl methyl sites for hydroxylation is 2. The summed E-state index contributed by atoms with van der Waals surface area (Å²) in [4.78, 5) is 11.5. The molecule has 0 bridgehead atoms. The molecule has 0 spiro atoms. The molecular weight excluding hydrogens is 264 g/mol. The highest BCUT2D eigenvalue weighted by atomic mass is 35.5. The first kappa shape index (κ1) is 16.0. The molecule has 0 saturated carbocycles. The Hall–Kier alpha value is -1.07. The number of aromatic nitrogens is 2. The third-order valence-corrected chi connectivity index (χ3v) is 3.28. The van der Waals surface area contributed by atoms with Gasteiger partial charge in [-0.25, -0.2) is 0 Å². The van der Waals surface area contributed by atoms with Crippen molar-refractivity contribution in [2.24, 2.45) is 0 Å². The van der Waals surface area contributed by atoms with E-state index in [1.165, 1.54) is 0 Å². The summed E-state index contributed by atoms with van der Waals surface area (Å²) < 4.78 is 1.89.